The molecule has 5 N–H and O–H groups in total. The van der Waals surface area contributed by atoms with Crippen molar-refractivity contribution in [1.82, 2.24) is 9.97 Å². The predicted molar refractivity (Wildman–Crippen MR) is 133 cm³/mol. The van der Waals surface area contributed by atoms with Gasteiger partial charge in [0.1, 0.15) is 24.1 Å². The van der Waals surface area contributed by atoms with Gasteiger partial charge in [0.25, 0.3) is 0 Å². The Bertz CT molecular complexity index is 1370. The highest BCUT2D eigenvalue weighted by Gasteiger charge is 2.35. The number of aliphatic hydroxyl groups excluding tert-OH is 2. The van der Waals surface area contributed by atoms with E-state index in [0.29, 0.717) is 21.3 Å². The van der Waals surface area contributed by atoms with Crippen molar-refractivity contribution in [3.05, 3.63) is 74.0 Å². The van der Waals surface area contributed by atoms with Gasteiger partial charge in [-0.3, -0.25) is 8.98 Å². The largest absolute Gasteiger partial charge is 0.393 e. The first kappa shape index (κ1) is 26.7. The number of nitrogens with one attached hydrogen (secondary N) is 1. The number of hydrogen-bond acceptors (Lipinski definition) is 10. The number of nitrogens with zero attached hydrogens (tertiary/aromatic N) is 2. The molecule has 4 atom stereocenters. The average Bonchev–Trinajstić information content (AvgIpc) is 3.45. The maximum atomic E-state index is 14.2. The molecule has 14 heteroatoms. The number of benzene rings is 1. The summed E-state index contributed by atoms with van der Waals surface area (Å²) in [6.07, 6.45) is 1.18. The number of halogens is 2. The van der Waals surface area contributed by atoms with E-state index in [1.807, 2.05) is 0 Å². The SMILES string of the molecule is NS(=O)(=O)OC[C@H]1C[C@@H](Nc2ncncc2C(=O)c2cc([C@H](O)c3cc(Br)ccc3F)cs2)C[C@@H]1O. The van der Waals surface area contributed by atoms with Gasteiger partial charge in [-0.15, -0.1) is 11.3 Å². The second-order valence-corrected chi connectivity index (χ2v) is 11.4. The summed E-state index contributed by atoms with van der Waals surface area (Å²) >= 11 is 4.35. The Labute approximate surface area is 218 Å². The number of nitrogens with two attached hydrogens (primary N) is 1. The molecule has 0 spiro atoms. The Morgan fingerprint density at radius 1 is 1.36 bits per heavy atom. The van der Waals surface area contributed by atoms with Crippen LogP contribution < -0.4 is 10.5 Å². The number of carbonyl (C=O) groups excluding carboxylic acids is 1. The zero-order valence-electron chi connectivity index (χ0n) is 18.5. The molecule has 0 radical (unpaired) electrons. The zero-order chi connectivity index (χ0) is 26.0. The summed E-state index contributed by atoms with van der Waals surface area (Å²) in [7, 11) is -4.12. The Hall–Kier alpha value is -2.33. The first-order valence-electron chi connectivity index (χ1n) is 10.7. The molecule has 10 nitrogen and oxygen atoms in total. The van der Waals surface area contributed by atoms with Crippen molar-refractivity contribution in [3.63, 3.8) is 0 Å². The third-order valence-corrected chi connectivity index (χ3v) is 7.72. The van der Waals surface area contributed by atoms with Gasteiger partial charge in [0.15, 0.2) is 0 Å². The quantitative estimate of drug-likeness (QED) is 0.270. The second kappa shape index (κ2) is 11.0. The van der Waals surface area contributed by atoms with Crippen LogP contribution in [0.4, 0.5) is 10.2 Å². The van der Waals surface area contributed by atoms with Crippen molar-refractivity contribution < 1.29 is 32.0 Å². The fourth-order valence-corrected chi connectivity index (χ4v) is 5.66. The third kappa shape index (κ3) is 6.32. The summed E-state index contributed by atoms with van der Waals surface area (Å²) in [4.78, 5) is 21.7. The van der Waals surface area contributed by atoms with Gasteiger partial charge in [0.2, 0.25) is 5.78 Å². The van der Waals surface area contributed by atoms with E-state index in [4.69, 9.17) is 5.14 Å². The maximum Gasteiger partial charge on any atom is 0.333 e. The van der Waals surface area contributed by atoms with Crippen LogP contribution in [0.15, 0.2) is 46.6 Å². The van der Waals surface area contributed by atoms with Crippen LogP contribution in [-0.2, 0) is 14.5 Å². The molecule has 3 aromatic rings. The molecule has 1 fully saturated rings. The Balaban J connectivity index is 1.49. The van der Waals surface area contributed by atoms with Gasteiger partial charge in [-0.05, 0) is 48.1 Å². The summed E-state index contributed by atoms with van der Waals surface area (Å²) < 4.78 is 41.5. The molecular weight excluding hydrogens is 579 g/mol. The topological polar surface area (TPSA) is 165 Å². The van der Waals surface area contributed by atoms with Crippen LogP contribution >= 0.6 is 27.3 Å². The van der Waals surface area contributed by atoms with Gasteiger partial charge in [-0.25, -0.2) is 19.5 Å². The van der Waals surface area contributed by atoms with Crippen LogP contribution in [0.3, 0.4) is 0 Å². The number of thiophene rings is 1. The third-order valence-electron chi connectivity index (χ3n) is 5.81. The number of aliphatic hydroxyl groups is 2. The molecule has 1 saturated carbocycles. The number of hydrogen-bond donors (Lipinski definition) is 4. The van der Waals surface area contributed by atoms with Crippen LogP contribution in [0.1, 0.15) is 45.3 Å². The van der Waals surface area contributed by atoms with Crippen molar-refractivity contribution in [2.75, 3.05) is 11.9 Å². The first-order valence-corrected chi connectivity index (χ1v) is 13.8. The van der Waals surface area contributed by atoms with E-state index in [-0.39, 0.29) is 36.0 Å². The van der Waals surface area contributed by atoms with Gasteiger partial charge in [-0.1, -0.05) is 15.9 Å². The molecule has 1 aliphatic carbocycles. The van der Waals surface area contributed by atoms with Crippen molar-refractivity contribution in [2.24, 2.45) is 11.1 Å². The van der Waals surface area contributed by atoms with Crippen LogP contribution in [0.25, 0.3) is 0 Å². The number of rotatable bonds is 9. The van der Waals surface area contributed by atoms with E-state index in [0.717, 1.165) is 11.3 Å². The molecule has 1 aliphatic rings. The predicted octanol–water partition coefficient (Wildman–Crippen LogP) is 2.52. The van der Waals surface area contributed by atoms with Gasteiger partial charge in [-0.2, -0.15) is 8.42 Å². The normalized spacial score (nSPS) is 20.9. The molecule has 0 amide bonds. The first-order chi connectivity index (χ1) is 17.0. The van der Waals surface area contributed by atoms with Crippen molar-refractivity contribution in [1.29, 1.82) is 0 Å². The van der Waals surface area contributed by atoms with Crippen molar-refractivity contribution in [2.45, 2.75) is 31.1 Å². The van der Waals surface area contributed by atoms with E-state index >= 15 is 0 Å². The Morgan fingerprint density at radius 3 is 2.89 bits per heavy atom. The van der Waals surface area contributed by atoms with Crippen LogP contribution in [0, 0.1) is 11.7 Å². The minimum atomic E-state index is -4.12. The average molecular weight is 601 g/mol. The number of carbonyl (C=O) groups is 1. The molecule has 0 saturated heterocycles. The highest BCUT2D eigenvalue weighted by atomic mass is 79.9. The lowest BCUT2D eigenvalue weighted by Crippen LogP contribution is -2.24. The van der Waals surface area contributed by atoms with Crippen LogP contribution in [-0.4, -0.2) is 53.1 Å². The highest BCUT2D eigenvalue weighted by molar-refractivity contribution is 9.10. The lowest BCUT2D eigenvalue weighted by molar-refractivity contribution is 0.101. The lowest BCUT2D eigenvalue weighted by Gasteiger charge is -2.15. The van der Waals surface area contributed by atoms with E-state index in [9.17, 15) is 27.8 Å². The minimum absolute atomic E-state index is 0.0762. The van der Waals surface area contributed by atoms with Gasteiger partial charge in [0, 0.05) is 28.2 Å². The monoisotopic (exact) mass is 600 g/mol. The van der Waals surface area contributed by atoms with Crippen LogP contribution in [0.5, 0.6) is 0 Å². The highest BCUT2D eigenvalue weighted by Crippen LogP contribution is 2.33. The summed E-state index contributed by atoms with van der Waals surface area (Å²) in [5, 5.41) is 30.5. The van der Waals surface area contributed by atoms with E-state index in [1.54, 1.807) is 5.38 Å². The molecule has 2 aromatic heterocycles. The maximum absolute atomic E-state index is 14.2. The minimum Gasteiger partial charge on any atom is -0.393 e. The molecule has 36 heavy (non-hydrogen) atoms. The lowest BCUT2D eigenvalue weighted by atomic mass is 10.0. The molecular formula is C22H22BrFN4O6S2. The standard InChI is InChI=1S/C22H22BrFN4O6S2/c23-13-1-2-17(24)15(5-13)20(30)12-4-19(35-9-12)21(31)16-7-26-10-27-22(16)28-14-3-11(18(29)6-14)8-34-36(25,32)33/h1-2,4-5,7,9-11,14,18,20,29-30H,3,6,8H2,(H2,25,32,33)(H,26,27,28)/t11-,14-,18+,20+/m1/s1. The number of aromatic nitrogens is 2. The van der Waals surface area contributed by atoms with Gasteiger partial charge < -0.3 is 15.5 Å². The number of ketones is 1. The summed E-state index contributed by atoms with van der Waals surface area (Å²) in [6, 6.07) is 5.43. The molecule has 0 unspecified atom stereocenters. The fourth-order valence-electron chi connectivity index (χ4n) is 4.04. The smallest absolute Gasteiger partial charge is 0.333 e. The van der Waals surface area contributed by atoms with E-state index in [2.05, 4.69) is 35.4 Å². The van der Waals surface area contributed by atoms with E-state index < -0.39 is 40.0 Å². The van der Waals surface area contributed by atoms with Crippen molar-refractivity contribution in [3.8, 4) is 0 Å². The van der Waals surface area contributed by atoms with Gasteiger partial charge >= 0.3 is 10.3 Å². The van der Waals surface area contributed by atoms with Gasteiger partial charge in [0.05, 0.1) is 23.2 Å². The summed E-state index contributed by atoms with van der Waals surface area (Å²) in [5.74, 6) is -1.20. The molecule has 2 heterocycles. The van der Waals surface area contributed by atoms with E-state index in [1.165, 1.54) is 36.8 Å². The molecule has 0 aliphatic heterocycles. The van der Waals surface area contributed by atoms with Crippen LogP contribution in [0.2, 0.25) is 0 Å². The van der Waals surface area contributed by atoms with Crippen molar-refractivity contribution >= 4 is 49.2 Å². The molecule has 0 bridgehead atoms. The molecule has 192 valence electrons. The Morgan fingerprint density at radius 2 is 2.14 bits per heavy atom. The summed E-state index contributed by atoms with van der Waals surface area (Å²) in [6.45, 7) is -0.257. The number of anilines is 1. The Kier molecular flexibility index (Phi) is 8.14. The second-order valence-electron chi connectivity index (χ2n) is 8.34. The zero-order valence-corrected chi connectivity index (χ0v) is 21.8. The molecule has 4 rings (SSSR count). The summed E-state index contributed by atoms with van der Waals surface area (Å²) in [5.41, 5.74) is 0.614. The fraction of sp³-hybridized carbons (Fsp3) is 0.318. The molecule has 1 aromatic carbocycles.